The zero-order valence-corrected chi connectivity index (χ0v) is 19.6. The molecule has 0 heterocycles. The summed E-state index contributed by atoms with van der Waals surface area (Å²) in [6.45, 7) is -5.40. The SMILES string of the molecule is C.C.FCC(F)(F)C(F)(F)F.FCC(F)(F)C(F)(F)F.O=C(F)C(F)(F)OF.O=C(F)F.O=C(F)F.O=C(OC(F)(F)F)C(F)(F)OF. The molecule has 0 atom stereocenters. The summed E-state index contributed by atoms with van der Waals surface area (Å²) in [6, 6.07) is -3.15. The molecule has 0 rings (SSSR count). The van der Waals surface area contributed by atoms with Crippen LogP contribution in [0.4, 0.5) is 124 Å². The Balaban J connectivity index is -0.0000000685. The molecule has 33 heteroatoms. The van der Waals surface area contributed by atoms with Crippen LogP contribution in [0.5, 0.6) is 0 Å². The Hall–Kier alpha value is -3.42. The van der Waals surface area contributed by atoms with E-state index in [0.717, 1.165) is 0 Å². The maximum atomic E-state index is 11.5. The van der Waals surface area contributed by atoms with Gasteiger partial charge in [-0.25, -0.2) is 23.2 Å². The molecule has 48 heavy (non-hydrogen) atoms. The van der Waals surface area contributed by atoms with Crippen molar-refractivity contribution in [2.45, 2.75) is 57.6 Å². The molecule has 0 aromatic rings. The van der Waals surface area contributed by atoms with Crippen LogP contribution in [0.1, 0.15) is 14.9 Å². The molecule has 0 aromatic carbocycles. The zero-order valence-electron chi connectivity index (χ0n) is 19.6. The molecule has 0 saturated heterocycles. The fourth-order valence-corrected chi connectivity index (χ4v) is 0.378. The Kier molecular flexibility index (Phi) is 33.7. The monoisotopic (exact) mass is 798 g/mol. The quantitative estimate of drug-likeness (QED) is 0.150. The largest absolute Gasteiger partial charge is 0.575 e. The molecule has 0 unspecified atom stereocenters. The summed E-state index contributed by atoms with van der Waals surface area (Å²) in [5.41, 5.74) is 0. The Labute approximate surface area is 245 Å². The number of carbonyl (C=O) groups excluding carboxylic acids is 4. The summed E-state index contributed by atoms with van der Waals surface area (Å²) in [5.74, 6) is -13.5. The van der Waals surface area contributed by atoms with Gasteiger partial charge in [0.15, 0.2) is 13.3 Å². The van der Waals surface area contributed by atoms with Gasteiger partial charge in [-0.15, -0.1) is 40.6 Å². The predicted molar refractivity (Wildman–Crippen MR) is 95.2 cm³/mol. The van der Waals surface area contributed by atoms with E-state index < -0.39 is 80.7 Å². The number of ether oxygens (including phenoxy) is 1. The molecule has 0 N–H and O–H groups in total. The van der Waals surface area contributed by atoms with Crippen molar-refractivity contribution >= 4 is 24.6 Å². The first-order valence-electron chi connectivity index (χ1n) is 8.34. The molecule has 0 fully saturated rings. The molecule has 0 aliphatic heterocycles. The lowest BCUT2D eigenvalue weighted by Gasteiger charge is -2.14. The van der Waals surface area contributed by atoms with Gasteiger partial charge in [0.1, 0.15) is 0 Å². The first-order chi connectivity index (χ1) is 19.8. The molecule has 0 aliphatic carbocycles. The Morgan fingerprint density at radius 3 is 0.729 bits per heavy atom. The topological polar surface area (TPSA) is 96.0 Å². The highest BCUT2D eigenvalue weighted by molar-refractivity contribution is 5.75. The van der Waals surface area contributed by atoms with Crippen LogP contribution in [-0.4, -0.2) is 80.7 Å². The highest BCUT2D eigenvalue weighted by atomic mass is 19.4. The maximum absolute atomic E-state index is 11.5. The molecule has 296 valence electrons. The van der Waals surface area contributed by atoms with Crippen molar-refractivity contribution in [3.63, 3.8) is 0 Å². The van der Waals surface area contributed by atoms with Crippen molar-refractivity contribution in [2.24, 2.45) is 0 Å². The van der Waals surface area contributed by atoms with E-state index >= 15 is 0 Å². The number of esters is 1. The Morgan fingerprint density at radius 1 is 0.458 bits per heavy atom. The van der Waals surface area contributed by atoms with Crippen molar-refractivity contribution in [1.82, 2.24) is 0 Å². The fraction of sp³-hybridized carbons (Fsp3) is 0.733. The van der Waals surface area contributed by atoms with Gasteiger partial charge in [-0.05, 0) is 9.05 Å². The smallest absolute Gasteiger partial charge is 0.366 e. The van der Waals surface area contributed by atoms with Crippen molar-refractivity contribution < 1.29 is 148 Å². The number of alkyl halides is 19. The summed E-state index contributed by atoms with van der Waals surface area (Å²) < 4.78 is 282. The second-order valence-electron chi connectivity index (χ2n) is 5.42. The molecule has 0 amide bonds. The van der Waals surface area contributed by atoms with E-state index in [-0.39, 0.29) is 14.9 Å². The van der Waals surface area contributed by atoms with Gasteiger partial charge < -0.3 is 4.74 Å². The van der Waals surface area contributed by atoms with Crippen LogP contribution in [0, 0.1) is 0 Å². The van der Waals surface area contributed by atoms with Crippen LogP contribution in [0.15, 0.2) is 0 Å². The number of rotatable bonds is 6. The van der Waals surface area contributed by atoms with E-state index in [9.17, 15) is 119 Å². The summed E-state index contributed by atoms with van der Waals surface area (Å²) in [4.78, 5) is 38.1. The predicted octanol–water partition coefficient (Wildman–Crippen LogP) is 10.2. The minimum atomic E-state index is -5.76. The van der Waals surface area contributed by atoms with Crippen molar-refractivity contribution in [3.05, 3.63) is 0 Å². The molecule has 0 aromatic heterocycles. The Bertz CT molecular complexity index is 834. The third-order valence-corrected chi connectivity index (χ3v) is 2.03. The van der Waals surface area contributed by atoms with E-state index in [4.69, 9.17) is 14.4 Å². The van der Waals surface area contributed by atoms with Gasteiger partial charge in [0.05, 0.1) is 0 Å². The first-order valence-corrected chi connectivity index (χ1v) is 8.34. The minimum absolute atomic E-state index is 0. The molecule has 0 saturated carbocycles. The van der Waals surface area contributed by atoms with Gasteiger partial charge in [-0.3, -0.25) is 4.79 Å². The highest BCUT2D eigenvalue weighted by Crippen LogP contribution is 2.36. The van der Waals surface area contributed by atoms with Crippen molar-refractivity contribution in [1.29, 1.82) is 0 Å². The Morgan fingerprint density at radius 2 is 0.667 bits per heavy atom. The second kappa shape index (κ2) is 25.6. The van der Waals surface area contributed by atoms with Crippen LogP contribution < -0.4 is 0 Å². The molecule has 0 radical (unpaired) electrons. The summed E-state index contributed by atoms with van der Waals surface area (Å²) >= 11 is 0. The van der Waals surface area contributed by atoms with E-state index in [2.05, 4.69) is 4.74 Å². The van der Waals surface area contributed by atoms with Gasteiger partial charge >= 0.3 is 67.4 Å². The van der Waals surface area contributed by atoms with Crippen LogP contribution in [0.25, 0.3) is 0 Å². The summed E-state index contributed by atoms with van der Waals surface area (Å²) in [5, 5.41) is 0. The van der Waals surface area contributed by atoms with E-state index in [1.807, 2.05) is 0 Å². The van der Waals surface area contributed by atoms with E-state index in [1.54, 1.807) is 9.88 Å². The minimum Gasteiger partial charge on any atom is -0.366 e. The number of hydrogen-bond donors (Lipinski definition) is 0. The lowest BCUT2D eigenvalue weighted by atomic mass is 10.4. The number of hydrogen-bond acceptors (Lipinski definition) is 7. The molecule has 7 nitrogen and oxygen atoms in total. The normalized spacial score (nSPS) is 11.5. The molecular weight excluding hydrogens is 786 g/mol. The van der Waals surface area contributed by atoms with Gasteiger partial charge in [-0.1, -0.05) is 14.9 Å². The standard InChI is InChI=1S/C3F6O3.2C3H2F6.C2F4O2.2CF2O.2CH4/c4-2(5,12-9)1(10)11-3(6,7)8;2*4-1-2(5,6)3(7,8)9;3-1(7)2(4,5)8-6;2*2-1(3)4;;/h;2*1H2;;;;2*1H4. The van der Waals surface area contributed by atoms with Gasteiger partial charge in [-0.2, -0.15) is 65.9 Å². The summed E-state index contributed by atoms with van der Waals surface area (Å²) in [7, 11) is 0. The third kappa shape index (κ3) is 38.8. The van der Waals surface area contributed by atoms with E-state index in [0.29, 0.717) is 0 Å². The van der Waals surface area contributed by atoms with E-state index in [1.165, 1.54) is 0 Å². The van der Waals surface area contributed by atoms with Gasteiger partial charge in [0, 0.05) is 0 Å². The van der Waals surface area contributed by atoms with Crippen molar-refractivity contribution in [2.75, 3.05) is 13.3 Å². The fourth-order valence-electron chi connectivity index (χ4n) is 0.378. The molecular formula is C15H12F26O7. The van der Waals surface area contributed by atoms with Gasteiger partial charge in [0.2, 0.25) is 0 Å². The molecule has 0 aliphatic rings. The average molecular weight is 798 g/mol. The van der Waals surface area contributed by atoms with Crippen LogP contribution in [-0.2, 0) is 24.2 Å². The lowest BCUT2D eigenvalue weighted by molar-refractivity contribution is -0.370. The number of halogens is 26. The molecule has 0 bridgehead atoms. The average Bonchev–Trinajstić information content (AvgIpc) is 2.82. The molecule has 0 spiro atoms. The second-order valence-corrected chi connectivity index (χ2v) is 5.42. The summed E-state index contributed by atoms with van der Waals surface area (Å²) in [6.07, 6.45) is -33.0. The van der Waals surface area contributed by atoms with Crippen LogP contribution >= 0.6 is 0 Å². The first kappa shape index (κ1) is 63.3. The third-order valence-electron chi connectivity index (χ3n) is 2.03. The maximum Gasteiger partial charge on any atom is 0.575 e. The number of carbonyl (C=O) groups is 4. The zero-order chi connectivity index (χ0) is 39.3. The van der Waals surface area contributed by atoms with Crippen molar-refractivity contribution in [3.8, 4) is 0 Å². The highest BCUT2D eigenvalue weighted by Gasteiger charge is 2.58. The van der Waals surface area contributed by atoms with Gasteiger partial charge in [0.25, 0.3) is 0 Å². The van der Waals surface area contributed by atoms with Crippen LogP contribution in [0.2, 0.25) is 0 Å². The lowest BCUT2D eigenvalue weighted by Crippen LogP contribution is -2.38. The van der Waals surface area contributed by atoms with Crippen LogP contribution in [0.3, 0.4) is 0 Å².